The third-order valence-electron chi connectivity index (χ3n) is 4.00. The number of amides is 1. The smallest absolute Gasteiger partial charge is 0.262 e. The van der Waals surface area contributed by atoms with Crippen molar-refractivity contribution in [3.8, 4) is 17.1 Å². The first-order valence-corrected chi connectivity index (χ1v) is 8.41. The average Bonchev–Trinajstić information content (AvgIpc) is 3.12. The molecule has 0 atom stereocenters. The molecule has 4 rings (SSSR count). The lowest BCUT2D eigenvalue weighted by Gasteiger charge is -2.09. The van der Waals surface area contributed by atoms with E-state index in [2.05, 4.69) is 15.3 Å². The number of nitrogens with one attached hydrogen (secondary N) is 2. The van der Waals surface area contributed by atoms with E-state index in [9.17, 15) is 9.18 Å². The number of fused-ring (bicyclic) bond motifs is 1. The molecule has 0 unspecified atom stereocenters. The summed E-state index contributed by atoms with van der Waals surface area (Å²) < 4.78 is 18.7. The molecule has 6 heteroatoms. The summed E-state index contributed by atoms with van der Waals surface area (Å²) >= 11 is 0. The molecule has 0 aliphatic rings. The fourth-order valence-electron chi connectivity index (χ4n) is 2.74. The molecule has 1 aromatic heterocycles. The van der Waals surface area contributed by atoms with E-state index in [-0.39, 0.29) is 18.3 Å². The molecule has 5 nitrogen and oxygen atoms in total. The maximum Gasteiger partial charge on any atom is 0.262 e. The summed E-state index contributed by atoms with van der Waals surface area (Å²) in [5.41, 5.74) is 3.27. The average molecular weight is 361 g/mol. The third-order valence-corrected chi connectivity index (χ3v) is 4.00. The Balaban J connectivity index is 1.46. The zero-order valence-electron chi connectivity index (χ0n) is 14.3. The Morgan fingerprint density at radius 2 is 1.85 bits per heavy atom. The quantitative estimate of drug-likeness (QED) is 0.554. The van der Waals surface area contributed by atoms with Crippen LogP contribution in [0.2, 0.25) is 0 Å². The summed E-state index contributed by atoms with van der Waals surface area (Å²) in [6.45, 7) is -0.282. The zero-order chi connectivity index (χ0) is 18.6. The van der Waals surface area contributed by atoms with Gasteiger partial charge in [0.25, 0.3) is 5.91 Å². The van der Waals surface area contributed by atoms with E-state index in [1.54, 1.807) is 18.2 Å². The van der Waals surface area contributed by atoms with Crippen LogP contribution < -0.4 is 10.1 Å². The number of ether oxygens (including phenoxy) is 1. The van der Waals surface area contributed by atoms with Crippen molar-refractivity contribution in [2.75, 3.05) is 11.9 Å². The number of nitrogens with zero attached hydrogens (tertiary/aromatic N) is 1. The summed E-state index contributed by atoms with van der Waals surface area (Å²) in [7, 11) is 0. The predicted octanol–water partition coefficient (Wildman–Crippen LogP) is 4.39. The predicted molar refractivity (Wildman–Crippen MR) is 102 cm³/mol. The topological polar surface area (TPSA) is 67.0 Å². The van der Waals surface area contributed by atoms with Crippen LogP contribution in [0.1, 0.15) is 0 Å². The summed E-state index contributed by atoms with van der Waals surface area (Å²) in [4.78, 5) is 19.9. The van der Waals surface area contributed by atoms with Crippen molar-refractivity contribution in [3.05, 3.63) is 78.6 Å². The molecule has 2 N–H and O–H groups in total. The van der Waals surface area contributed by atoms with Gasteiger partial charge >= 0.3 is 0 Å². The minimum atomic E-state index is -0.503. The van der Waals surface area contributed by atoms with Crippen molar-refractivity contribution < 1.29 is 13.9 Å². The highest BCUT2D eigenvalue weighted by Crippen LogP contribution is 2.23. The second-order valence-corrected chi connectivity index (χ2v) is 5.95. The van der Waals surface area contributed by atoms with Crippen LogP contribution in [0.4, 0.5) is 10.1 Å². The molecule has 0 aliphatic carbocycles. The first-order chi connectivity index (χ1) is 13.2. The lowest BCUT2D eigenvalue weighted by molar-refractivity contribution is -0.118. The van der Waals surface area contributed by atoms with Crippen molar-refractivity contribution in [3.63, 3.8) is 0 Å². The first kappa shape index (κ1) is 16.8. The second-order valence-electron chi connectivity index (χ2n) is 5.95. The molecule has 1 heterocycles. The van der Waals surface area contributed by atoms with E-state index in [1.165, 1.54) is 12.1 Å². The van der Waals surface area contributed by atoms with E-state index in [4.69, 9.17) is 4.74 Å². The molecule has 0 saturated heterocycles. The summed E-state index contributed by atoms with van der Waals surface area (Å²) in [5.74, 6) is -0.115. The Hall–Kier alpha value is -3.67. The Morgan fingerprint density at radius 1 is 1.04 bits per heavy atom. The fraction of sp³-hybridized carbons (Fsp3) is 0.0476. The molecule has 27 heavy (non-hydrogen) atoms. The van der Waals surface area contributed by atoms with Crippen LogP contribution in [0, 0.1) is 5.82 Å². The number of hydrogen-bond donors (Lipinski definition) is 2. The van der Waals surface area contributed by atoms with E-state index in [0.29, 0.717) is 5.69 Å². The molecule has 4 aromatic rings. The molecule has 0 aliphatic heterocycles. The van der Waals surface area contributed by atoms with E-state index in [0.717, 1.165) is 22.4 Å². The standard InChI is InChI=1S/C21H16FN3O2/c22-16-8-1-4-11-19(16)27-13-20(26)23-15-7-5-6-14(12-15)21-24-17-9-2-3-10-18(17)25-21/h1-12H,13H2,(H,23,26)(H,24,25). The molecule has 0 spiro atoms. The minimum Gasteiger partial charge on any atom is -0.481 e. The molecular weight excluding hydrogens is 345 g/mol. The Labute approximate surface area is 154 Å². The summed E-state index contributed by atoms with van der Waals surface area (Å²) in [6, 6.07) is 21.0. The van der Waals surface area contributed by atoms with Crippen LogP contribution >= 0.6 is 0 Å². The van der Waals surface area contributed by atoms with Gasteiger partial charge < -0.3 is 15.0 Å². The molecular formula is C21H16FN3O2. The van der Waals surface area contributed by atoms with Gasteiger partial charge in [0, 0.05) is 11.3 Å². The van der Waals surface area contributed by atoms with E-state index in [1.807, 2.05) is 42.5 Å². The van der Waals surface area contributed by atoms with Crippen molar-refractivity contribution in [2.24, 2.45) is 0 Å². The van der Waals surface area contributed by atoms with Gasteiger partial charge in [-0.3, -0.25) is 4.79 Å². The zero-order valence-corrected chi connectivity index (χ0v) is 14.3. The second kappa shape index (κ2) is 7.29. The molecule has 0 saturated carbocycles. The van der Waals surface area contributed by atoms with Gasteiger partial charge in [0.1, 0.15) is 5.82 Å². The highest BCUT2D eigenvalue weighted by Gasteiger charge is 2.09. The number of aromatic nitrogens is 2. The maximum absolute atomic E-state index is 13.5. The van der Waals surface area contributed by atoms with Crippen molar-refractivity contribution in [1.82, 2.24) is 9.97 Å². The number of hydrogen-bond acceptors (Lipinski definition) is 3. The Morgan fingerprint density at radius 3 is 2.70 bits per heavy atom. The van der Waals surface area contributed by atoms with Crippen molar-refractivity contribution in [1.29, 1.82) is 0 Å². The third kappa shape index (κ3) is 3.79. The fourth-order valence-corrected chi connectivity index (χ4v) is 2.74. The lowest BCUT2D eigenvalue weighted by Crippen LogP contribution is -2.20. The highest BCUT2D eigenvalue weighted by atomic mass is 19.1. The summed E-state index contributed by atoms with van der Waals surface area (Å²) in [6.07, 6.45) is 0. The van der Waals surface area contributed by atoms with Gasteiger partial charge in [0.2, 0.25) is 0 Å². The monoisotopic (exact) mass is 361 g/mol. The number of carbonyl (C=O) groups excluding carboxylic acids is 1. The number of rotatable bonds is 5. The molecule has 1 amide bonds. The van der Waals surface area contributed by atoms with E-state index >= 15 is 0 Å². The highest BCUT2D eigenvalue weighted by molar-refractivity contribution is 5.92. The van der Waals surface area contributed by atoms with Gasteiger partial charge in [0.05, 0.1) is 11.0 Å². The number of imidazole rings is 1. The van der Waals surface area contributed by atoms with E-state index < -0.39 is 5.82 Å². The number of H-pyrrole nitrogens is 1. The van der Waals surface area contributed by atoms with Gasteiger partial charge in [-0.1, -0.05) is 36.4 Å². The van der Waals surface area contributed by atoms with Gasteiger partial charge in [-0.2, -0.15) is 0 Å². The number of aromatic amines is 1. The van der Waals surface area contributed by atoms with Crippen LogP contribution in [0.3, 0.4) is 0 Å². The van der Waals surface area contributed by atoms with Crippen LogP contribution in [0.15, 0.2) is 72.8 Å². The van der Waals surface area contributed by atoms with Gasteiger partial charge in [-0.15, -0.1) is 0 Å². The number of halogens is 1. The van der Waals surface area contributed by atoms with Crippen molar-refractivity contribution in [2.45, 2.75) is 0 Å². The number of benzene rings is 3. The number of anilines is 1. The Kier molecular flexibility index (Phi) is 4.53. The molecule has 0 fully saturated rings. The normalized spacial score (nSPS) is 10.7. The van der Waals surface area contributed by atoms with Crippen LogP contribution in [0.5, 0.6) is 5.75 Å². The van der Waals surface area contributed by atoms with Gasteiger partial charge in [-0.05, 0) is 36.4 Å². The maximum atomic E-state index is 13.5. The first-order valence-electron chi connectivity index (χ1n) is 8.41. The number of carbonyl (C=O) groups is 1. The van der Waals surface area contributed by atoms with Gasteiger partial charge in [0.15, 0.2) is 18.2 Å². The van der Waals surface area contributed by atoms with Crippen molar-refractivity contribution >= 4 is 22.6 Å². The molecule has 3 aromatic carbocycles. The number of para-hydroxylation sites is 3. The minimum absolute atomic E-state index is 0.0451. The molecule has 0 radical (unpaired) electrons. The molecule has 0 bridgehead atoms. The lowest BCUT2D eigenvalue weighted by atomic mass is 10.2. The SMILES string of the molecule is O=C(COc1ccccc1F)Nc1cccc(-c2nc3ccccc3[nH]2)c1. The van der Waals surface area contributed by atoms with Crippen LogP contribution in [-0.4, -0.2) is 22.5 Å². The van der Waals surface area contributed by atoms with Gasteiger partial charge in [-0.25, -0.2) is 9.37 Å². The van der Waals surface area contributed by atoms with Crippen LogP contribution in [-0.2, 0) is 4.79 Å². The Bertz CT molecular complexity index is 1070. The van der Waals surface area contributed by atoms with Crippen LogP contribution in [0.25, 0.3) is 22.4 Å². The largest absolute Gasteiger partial charge is 0.481 e. The molecule has 134 valence electrons. The summed E-state index contributed by atoms with van der Waals surface area (Å²) in [5, 5.41) is 2.75.